The van der Waals surface area contributed by atoms with Crippen LogP contribution in [0.3, 0.4) is 0 Å². The molecule has 0 aromatic carbocycles. The lowest BCUT2D eigenvalue weighted by Crippen LogP contribution is -2.29. The monoisotopic (exact) mass is 378 g/mol. The van der Waals surface area contributed by atoms with Crippen LogP contribution in [0.2, 0.25) is 0 Å². The first-order valence-corrected chi connectivity index (χ1v) is 11.0. The first kappa shape index (κ1) is 18.8. The third-order valence-corrected chi connectivity index (χ3v) is 6.51. The van der Waals surface area contributed by atoms with E-state index in [1.807, 2.05) is 4.57 Å². The molecule has 26 heavy (non-hydrogen) atoms. The maximum absolute atomic E-state index is 12.3. The van der Waals surface area contributed by atoms with Gasteiger partial charge < -0.3 is 9.88 Å². The molecule has 3 heterocycles. The predicted octanol–water partition coefficient (Wildman–Crippen LogP) is 2.03. The number of nitrogens with one attached hydrogen (secondary N) is 1. The molecule has 142 valence electrons. The van der Waals surface area contributed by atoms with Gasteiger partial charge >= 0.3 is 0 Å². The number of sulfone groups is 1. The van der Waals surface area contributed by atoms with Gasteiger partial charge in [0.25, 0.3) is 5.91 Å². The van der Waals surface area contributed by atoms with E-state index in [2.05, 4.69) is 29.1 Å². The van der Waals surface area contributed by atoms with Crippen molar-refractivity contribution in [1.29, 1.82) is 0 Å². The summed E-state index contributed by atoms with van der Waals surface area (Å²) in [7, 11) is -2.83. The highest BCUT2D eigenvalue weighted by molar-refractivity contribution is 7.91. The molecule has 0 radical (unpaired) electrons. The van der Waals surface area contributed by atoms with E-state index in [4.69, 9.17) is 0 Å². The second-order valence-electron chi connectivity index (χ2n) is 7.50. The van der Waals surface area contributed by atoms with Crippen molar-refractivity contribution in [3.05, 3.63) is 24.2 Å². The van der Waals surface area contributed by atoms with Gasteiger partial charge in [-0.05, 0) is 37.2 Å². The number of nitrogens with zero attached hydrogens (tertiary/aromatic N) is 3. The molecule has 3 rings (SSSR count). The van der Waals surface area contributed by atoms with Crippen LogP contribution in [0.15, 0.2) is 18.6 Å². The van der Waals surface area contributed by atoms with Crippen molar-refractivity contribution >= 4 is 26.9 Å². The number of rotatable bonds is 6. The lowest BCUT2D eigenvalue weighted by molar-refractivity contribution is 0.0951. The lowest BCUT2D eigenvalue weighted by Gasteiger charge is -2.21. The Kier molecular flexibility index (Phi) is 5.60. The fraction of sp³-hybridized carbons (Fsp3) is 0.611. The van der Waals surface area contributed by atoms with Crippen molar-refractivity contribution in [1.82, 2.24) is 19.9 Å². The summed E-state index contributed by atoms with van der Waals surface area (Å²) in [4.78, 5) is 21.1. The Morgan fingerprint density at radius 1 is 1.31 bits per heavy atom. The first-order chi connectivity index (χ1) is 12.3. The topological polar surface area (TPSA) is 94.0 Å². The molecule has 1 aliphatic heterocycles. The molecule has 1 amide bonds. The van der Waals surface area contributed by atoms with Crippen LogP contribution < -0.4 is 5.32 Å². The molecular formula is C18H26N4O3S. The van der Waals surface area contributed by atoms with Gasteiger partial charge in [-0.15, -0.1) is 0 Å². The smallest absolute Gasteiger partial charge is 0.252 e. The van der Waals surface area contributed by atoms with Crippen molar-refractivity contribution in [2.24, 2.45) is 11.8 Å². The Morgan fingerprint density at radius 2 is 2.04 bits per heavy atom. The molecule has 0 unspecified atom stereocenters. The van der Waals surface area contributed by atoms with E-state index in [1.54, 1.807) is 18.6 Å². The fourth-order valence-corrected chi connectivity index (χ4v) is 4.91. The number of fused-ring (bicyclic) bond motifs is 1. The highest BCUT2D eigenvalue weighted by Gasteiger charge is 2.23. The molecule has 8 heteroatoms. The van der Waals surface area contributed by atoms with E-state index in [9.17, 15) is 13.2 Å². The molecule has 1 N–H and O–H groups in total. The Bertz CT molecular complexity index is 875. The largest absolute Gasteiger partial charge is 0.352 e. The summed E-state index contributed by atoms with van der Waals surface area (Å²) in [6.45, 7) is 5.65. The van der Waals surface area contributed by atoms with Crippen molar-refractivity contribution in [2.45, 2.75) is 39.7 Å². The minimum atomic E-state index is -2.83. The second-order valence-corrected chi connectivity index (χ2v) is 9.80. The maximum Gasteiger partial charge on any atom is 0.252 e. The molecule has 0 aliphatic carbocycles. The third kappa shape index (κ3) is 4.60. The normalized spacial score (nSPS) is 17.7. The fourth-order valence-electron chi connectivity index (χ4n) is 3.32. The van der Waals surface area contributed by atoms with Gasteiger partial charge in [-0.3, -0.25) is 4.79 Å². The van der Waals surface area contributed by atoms with Gasteiger partial charge in [-0.2, -0.15) is 0 Å². The van der Waals surface area contributed by atoms with Crippen LogP contribution in [0.4, 0.5) is 0 Å². The van der Waals surface area contributed by atoms with E-state index in [0.717, 1.165) is 24.1 Å². The molecule has 1 saturated heterocycles. The third-order valence-electron chi connectivity index (χ3n) is 4.79. The van der Waals surface area contributed by atoms with Gasteiger partial charge in [-0.25, -0.2) is 18.4 Å². The van der Waals surface area contributed by atoms with Crippen LogP contribution >= 0.6 is 0 Å². The zero-order valence-corrected chi connectivity index (χ0v) is 16.1. The van der Waals surface area contributed by atoms with Gasteiger partial charge in [0, 0.05) is 19.3 Å². The average Bonchev–Trinajstić information content (AvgIpc) is 2.98. The van der Waals surface area contributed by atoms with E-state index in [0.29, 0.717) is 36.8 Å². The van der Waals surface area contributed by atoms with E-state index in [-0.39, 0.29) is 17.4 Å². The summed E-state index contributed by atoms with van der Waals surface area (Å²) in [5.74, 6) is 1.23. The predicted molar refractivity (Wildman–Crippen MR) is 101 cm³/mol. The zero-order valence-electron chi connectivity index (χ0n) is 15.3. The number of carbonyl (C=O) groups excluding carboxylic acids is 1. The molecule has 0 bridgehead atoms. The minimum absolute atomic E-state index is 0.166. The Labute approximate surface area is 154 Å². The highest BCUT2D eigenvalue weighted by atomic mass is 32.2. The minimum Gasteiger partial charge on any atom is -0.352 e. The van der Waals surface area contributed by atoms with Crippen molar-refractivity contribution < 1.29 is 13.2 Å². The SMILES string of the molecule is CC(C)Cn1cnc2cc(C(=O)NCCC3CCS(=O)(=O)CC3)cnc21. The van der Waals surface area contributed by atoms with Crippen LogP contribution in [-0.2, 0) is 16.4 Å². The van der Waals surface area contributed by atoms with Gasteiger partial charge in [0.1, 0.15) is 15.4 Å². The van der Waals surface area contributed by atoms with Crippen LogP contribution in [0.25, 0.3) is 11.2 Å². The number of carbonyl (C=O) groups is 1. The second kappa shape index (κ2) is 7.73. The molecule has 0 spiro atoms. The molecule has 0 atom stereocenters. The highest BCUT2D eigenvalue weighted by Crippen LogP contribution is 2.21. The number of pyridine rings is 1. The number of aromatic nitrogens is 3. The van der Waals surface area contributed by atoms with Gasteiger partial charge in [0.15, 0.2) is 5.65 Å². The summed E-state index contributed by atoms with van der Waals surface area (Å²) in [5, 5.41) is 2.91. The molecular weight excluding hydrogens is 352 g/mol. The summed E-state index contributed by atoms with van der Waals surface area (Å²) in [6, 6.07) is 1.77. The summed E-state index contributed by atoms with van der Waals surface area (Å²) >= 11 is 0. The van der Waals surface area contributed by atoms with E-state index >= 15 is 0 Å². The Balaban J connectivity index is 1.55. The van der Waals surface area contributed by atoms with Gasteiger partial charge in [-0.1, -0.05) is 13.8 Å². The van der Waals surface area contributed by atoms with Crippen LogP contribution in [0, 0.1) is 11.8 Å². The van der Waals surface area contributed by atoms with E-state index in [1.165, 1.54) is 0 Å². The molecule has 0 saturated carbocycles. The zero-order chi connectivity index (χ0) is 18.7. The van der Waals surface area contributed by atoms with Crippen molar-refractivity contribution in [2.75, 3.05) is 18.1 Å². The van der Waals surface area contributed by atoms with Crippen LogP contribution in [-0.4, -0.2) is 46.9 Å². The molecule has 2 aromatic heterocycles. The summed E-state index contributed by atoms with van der Waals surface area (Å²) < 4.78 is 24.9. The molecule has 7 nitrogen and oxygen atoms in total. The quantitative estimate of drug-likeness (QED) is 0.830. The standard InChI is InChI=1S/C18H26N4O3S/c1-13(2)11-22-12-21-16-9-15(10-20-17(16)22)18(23)19-6-3-14-4-7-26(24,25)8-5-14/h9-10,12-14H,3-8,11H2,1-2H3,(H,19,23). The number of hydrogen-bond donors (Lipinski definition) is 1. The Morgan fingerprint density at radius 3 is 2.73 bits per heavy atom. The van der Waals surface area contributed by atoms with Crippen molar-refractivity contribution in [3.8, 4) is 0 Å². The number of hydrogen-bond acceptors (Lipinski definition) is 5. The molecule has 1 fully saturated rings. The number of imidazole rings is 1. The van der Waals surface area contributed by atoms with Crippen LogP contribution in [0.1, 0.15) is 43.5 Å². The molecule has 1 aliphatic rings. The van der Waals surface area contributed by atoms with Gasteiger partial charge in [0.2, 0.25) is 0 Å². The maximum atomic E-state index is 12.3. The summed E-state index contributed by atoms with van der Waals surface area (Å²) in [6.07, 6.45) is 5.54. The number of amides is 1. The van der Waals surface area contributed by atoms with Gasteiger partial charge in [0.05, 0.1) is 23.4 Å². The average molecular weight is 378 g/mol. The van der Waals surface area contributed by atoms with Crippen LogP contribution in [0.5, 0.6) is 0 Å². The van der Waals surface area contributed by atoms with Crippen molar-refractivity contribution in [3.63, 3.8) is 0 Å². The lowest BCUT2D eigenvalue weighted by atomic mass is 9.99. The summed E-state index contributed by atoms with van der Waals surface area (Å²) in [5.41, 5.74) is 2.01. The Hall–Kier alpha value is -1.96. The van der Waals surface area contributed by atoms with E-state index < -0.39 is 9.84 Å². The first-order valence-electron chi connectivity index (χ1n) is 9.13. The molecule has 2 aromatic rings.